The summed E-state index contributed by atoms with van der Waals surface area (Å²) in [5.74, 6) is -0.0367. The fourth-order valence-corrected chi connectivity index (χ4v) is 3.13. The predicted molar refractivity (Wildman–Crippen MR) is 105 cm³/mol. The van der Waals surface area contributed by atoms with Crippen LogP contribution in [0.25, 0.3) is 0 Å². The second-order valence-corrected chi connectivity index (χ2v) is 8.28. The number of nitrogens with zero attached hydrogens (tertiary/aromatic N) is 1. The van der Waals surface area contributed by atoms with Crippen molar-refractivity contribution in [2.24, 2.45) is 0 Å². The van der Waals surface area contributed by atoms with Crippen LogP contribution in [0.5, 0.6) is 0 Å². The van der Waals surface area contributed by atoms with Crippen LogP contribution >= 0.6 is 24.2 Å². The molecule has 1 atom stereocenters. The highest BCUT2D eigenvalue weighted by molar-refractivity contribution is 7.80. The summed E-state index contributed by atoms with van der Waals surface area (Å²) in [5.41, 5.74) is 1.97. The van der Waals surface area contributed by atoms with E-state index in [4.69, 9.17) is 21.1 Å². The molecule has 1 aliphatic heterocycles. The summed E-state index contributed by atoms with van der Waals surface area (Å²) in [5, 5.41) is 3.08. The van der Waals surface area contributed by atoms with Gasteiger partial charge in [-0.2, -0.15) is 12.6 Å². The maximum absolute atomic E-state index is 11.9. The van der Waals surface area contributed by atoms with Crippen LogP contribution in [0.15, 0.2) is 12.1 Å². The van der Waals surface area contributed by atoms with E-state index in [2.05, 4.69) is 17.9 Å². The van der Waals surface area contributed by atoms with Crippen molar-refractivity contribution >= 4 is 41.9 Å². The van der Waals surface area contributed by atoms with Gasteiger partial charge in [0.25, 0.3) is 0 Å². The van der Waals surface area contributed by atoms with E-state index in [0.29, 0.717) is 31.2 Å². The third-order valence-electron chi connectivity index (χ3n) is 3.76. The lowest BCUT2D eigenvalue weighted by atomic mass is 10.1. The first-order chi connectivity index (χ1) is 12.1. The number of likely N-dealkylation sites (N-methyl/N-ethyl adjacent to an activating group) is 1. The Balaban J connectivity index is 1.81. The van der Waals surface area contributed by atoms with Crippen molar-refractivity contribution in [3.05, 3.63) is 28.3 Å². The molecule has 144 valence electrons. The normalized spacial score (nSPS) is 14.6. The van der Waals surface area contributed by atoms with E-state index in [-0.39, 0.29) is 17.3 Å². The number of anilines is 1. The molecular weight excluding hydrogens is 376 g/mol. The van der Waals surface area contributed by atoms with Crippen molar-refractivity contribution in [2.75, 3.05) is 32.1 Å². The molecule has 1 heterocycles. The molecule has 0 aromatic heterocycles. The standard InChI is InChI=1S/C18H25ClN2O4S/c1-18(2,3)25-17(23)21(4)5-6-24-10-15(26)12-7-11-8-16(22)20-14(11)9-13(12)19/h7,9,15,26H,5-6,8,10H2,1-4H3,(H,20,22). The van der Waals surface area contributed by atoms with E-state index in [1.54, 1.807) is 13.1 Å². The number of fused-ring (bicyclic) bond motifs is 1. The third-order valence-corrected chi connectivity index (χ3v) is 4.51. The monoisotopic (exact) mass is 400 g/mol. The Bertz CT molecular complexity index is 691. The Kier molecular flexibility index (Phi) is 6.82. The van der Waals surface area contributed by atoms with Gasteiger partial charge in [-0.05, 0) is 38.0 Å². The van der Waals surface area contributed by atoms with Crippen molar-refractivity contribution < 1.29 is 19.1 Å². The number of benzene rings is 1. The number of amides is 2. The highest BCUT2D eigenvalue weighted by atomic mass is 35.5. The van der Waals surface area contributed by atoms with Crippen LogP contribution in [0, 0.1) is 0 Å². The number of thiol groups is 1. The first-order valence-corrected chi connectivity index (χ1v) is 9.28. The molecule has 1 aromatic rings. The molecule has 2 rings (SSSR count). The fourth-order valence-electron chi connectivity index (χ4n) is 2.44. The van der Waals surface area contributed by atoms with E-state index in [9.17, 15) is 9.59 Å². The van der Waals surface area contributed by atoms with Crippen molar-refractivity contribution in [1.29, 1.82) is 0 Å². The van der Waals surface area contributed by atoms with Crippen LogP contribution in [0.1, 0.15) is 37.1 Å². The third kappa shape index (κ3) is 5.79. The molecule has 2 amide bonds. The number of ether oxygens (including phenoxy) is 2. The van der Waals surface area contributed by atoms with Gasteiger partial charge in [0.2, 0.25) is 5.91 Å². The van der Waals surface area contributed by atoms with Gasteiger partial charge in [-0.15, -0.1) is 0 Å². The average Bonchev–Trinajstić information content (AvgIpc) is 2.87. The Morgan fingerprint density at radius 3 is 2.77 bits per heavy atom. The second kappa shape index (κ2) is 8.50. The number of nitrogens with one attached hydrogen (secondary N) is 1. The smallest absolute Gasteiger partial charge is 0.410 e. The van der Waals surface area contributed by atoms with Crippen molar-refractivity contribution in [3.8, 4) is 0 Å². The summed E-state index contributed by atoms with van der Waals surface area (Å²) in [4.78, 5) is 24.8. The molecule has 0 spiro atoms. The van der Waals surface area contributed by atoms with Crippen LogP contribution in [-0.4, -0.2) is 49.3 Å². The lowest BCUT2D eigenvalue weighted by Crippen LogP contribution is -2.36. The van der Waals surface area contributed by atoms with Crippen molar-refractivity contribution in [2.45, 2.75) is 38.0 Å². The van der Waals surface area contributed by atoms with Gasteiger partial charge in [0.05, 0.1) is 24.9 Å². The molecule has 1 unspecified atom stereocenters. The van der Waals surface area contributed by atoms with E-state index in [1.807, 2.05) is 26.8 Å². The summed E-state index contributed by atoms with van der Waals surface area (Å²) in [7, 11) is 1.66. The van der Waals surface area contributed by atoms with E-state index >= 15 is 0 Å². The van der Waals surface area contributed by atoms with Gasteiger partial charge in [0, 0.05) is 24.3 Å². The molecule has 0 saturated carbocycles. The van der Waals surface area contributed by atoms with Gasteiger partial charge in [0.15, 0.2) is 0 Å². The first kappa shape index (κ1) is 20.9. The number of carbonyl (C=O) groups is 2. The van der Waals surface area contributed by atoms with Gasteiger partial charge in [-0.25, -0.2) is 4.79 Å². The molecule has 0 fully saturated rings. The Morgan fingerprint density at radius 2 is 2.12 bits per heavy atom. The number of hydrogen-bond donors (Lipinski definition) is 2. The highest BCUT2D eigenvalue weighted by Gasteiger charge is 2.22. The molecule has 1 aromatic carbocycles. The second-order valence-electron chi connectivity index (χ2n) is 7.25. The summed E-state index contributed by atoms with van der Waals surface area (Å²) in [6, 6.07) is 3.64. The molecule has 8 heteroatoms. The van der Waals surface area contributed by atoms with E-state index < -0.39 is 5.60 Å². The summed E-state index contributed by atoms with van der Waals surface area (Å²) in [6.07, 6.45) is -0.0380. The lowest BCUT2D eigenvalue weighted by molar-refractivity contribution is -0.115. The molecule has 1 aliphatic rings. The van der Waals surface area contributed by atoms with Gasteiger partial charge in [-0.1, -0.05) is 17.7 Å². The number of halogens is 1. The molecule has 26 heavy (non-hydrogen) atoms. The molecule has 1 N–H and O–H groups in total. The van der Waals surface area contributed by atoms with Crippen LogP contribution in [0.3, 0.4) is 0 Å². The van der Waals surface area contributed by atoms with Crippen LogP contribution in [-0.2, 0) is 20.7 Å². The average molecular weight is 401 g/mol. The Hall–Kier alpha value is -1.44. The number of hydrogen-bond acceptors (Lipinski definition) is 5. The molecule has 0 aliphatic carbocycles. The fraction of sp³-hybridized carbons (Fsp3) is 0.556. The minimum Gasteiger partial charge on any atom is -0.444 e. The highest BCUT2D eigenvalue weighted by Crippen LogP contribution is 2.35. The Morgan fingerprint density at radius 1 is 1.42 bits per heavy atom. The van der Waals surface area contributed by atoms with Gasteiger partial charge in [0.1, 0.15) is 5.60 Å². The molecule has 6 nitrogen and oxygen atoms in total. The van der Waals surface area contributed by atoms with Gasteiger partial charge < -0.3 is 19.7 Å². The number of carbonyl (C=O) groups excluding carboxylic acids is 2. The predicted octanol–water partition coefficient (Wildman–Crippen LogP) is 3.69. The minimum atomic E-state index is -0.525. The van der Waals surface area contributed by atoms with Crippen molar-refractivity contribution in [3.63, 3.8) is 0 Å². The zero-order valence-electron chi connectivity index (χ0n) is 15.5. The number of rotatable bonds is 6. The lowest BCUT2D eigenvalue weighted by Gasteiger charge is -2.24. The van der Waals surface area contributed by atoms with Crippen LogP contribution in [0.2, 0.25) is 5.02 Å². The zero-order chi connectivity index (χ0) is 19.5. The largest absolute Gasteiger partial charge is 0.444 e. The van der Waals surface area contributed by atoms with Gasteiger partial charge >= 0.3 is 6.09 Å². The summed E-state index contributed by atoms with van der Waals surface area (Å²) < 4.78 is 10.9. The van der Waals surface area contributed by atoms with Gasteiger partial charge in [-0.3, -0.25) is 4.79 Å². The maximum Gasteiger partial charge on any atom is 0.410 e. The van der Waals surface area contributed by atoms with Crippen LogP contribution < -0.4 is 5.32 Å². The SMILES string of the molecule is CN(CCOCC(S)c1cc2c(cc1Cl)NC(=O)C2)C(=O)OC(C)(C)C. The first-order valence-electron chi connectivity index (χ1n) is 8.39. The van der Waals surface area contributed by atoms with E-state index in [0.717, 1.165) is 16.8 Å². The molecular formula is C18H25ClN2O4S. The van der Waals surface area contributed by atoms with E-state index in [1.165, 1.54) is 4.90 Å². The maximum atomic E-state index is 11.9. The van der Waals surface area contributed by atoms with Crippen LogP contribution in [0.4, 0.5) is 10.5 Å². The molecule has 0 bridgehead atoms. The Labute approximate surface area is 164 Å². The molecule has 0 radical (unpaired) electrons. The van der Waals surface area contributed by atoms with Crippen molar-refractivity contribution in [1.82, 2.24) is 4.90 Å². The zero-order valence-corrected chi connectivity index (χ0v) is 17.1. The topological polar surface area (TPSA) is 67.9 Å². The minimum absolute atomic E-state index is 0.0367. The molecule has 0 saturated heterocycles. The quantitative estimate of drug-likeness (QED) is 0.564. The summed E-state index contributed by atoms with van der Waals surface area (Å²) >= 11 is 10.8. The summed E-state index contributed by atoms with van der Waals surface area (Å²) in [6.45, 7) is 6.57.